The Morgan fingerprint density at radius 3 is 2.42 bits per heavy atom. The van der Waals surface area contributed by atoms with Crippen LogP contribution in [0.15, 0.2) is 63.9 Å². The van der Waals surface area contributed by atoms with Gasteiger partial charge in [-0.25, -0.2) is 18.2 Å². The second-order valence-corrected chi connectivity index (χ2v) is 11.6. The normalized spacial score (nSPS) is 14.6. The topological polar surface area (TPSA) is 148 Å². The molecule has 40 heavy (non-hydrogen) atoms. The van der Waals surface area contributed by atoms with E-state index in [0.29, 0.717) is 63.2 Å². The Morgan fingerprint density at radius 1 is 0.950 bits per heavy atom. The second-order valence-electron chi connectivity index (χ2n) is 9.53. The van der Waals surface area contributed by atoms with E-state index in [1.165, 1.54) is 12.1 Å². The van der Waals surface area contributed by atoms with E-state index < -0.39 is 27.8 Å². The van der Waals surface area contributed by atoms with Crippen molar-refractivity contribution in [1.82, 2.24) is 20.5 Å². The molecule has 1 aromatic heterocycles. The van der Waals surface area contributed by atoms with Gasteiger partial charge < -0.3 is 24.7 Å². The number of sulfone groups is 1. The molecule has 11 nitrogen and oxygen atoms in total. The first kappa shape index (κ1) is 29.2. The summed E-state index contributed by atoms with van der Waals surface area (Å²) >= 11 is 0. The highest BCUT2D eigenvalue weighted by atomic mass is 32.2. The third-order valence-corrected chi connectivity index (χ3v) is 8.37. The van der Waals surface area contributed by atoms with Crippen LogP contribution in [0.3, 0.4) is 0 Å². The van der Waals surface area contributed by atoms with Crippen LogP contribution in [-0.2, 0) is 19.4 Å². The SMILES string of the molecule is O=C(CCCCCNC(=O)C(CCS(=O)(=O)c1ccccc1)NC(=O)N1CCOCC1)c1nc2ccccc2o1. The van der Waals surface area contributed by atoms with E-state index >= 15 is 0 Å². The van der Waals surface area contributed by atoms with Gasteiger partial charge in [0, 0.05) is 26.1 Å². The molecule has 0 spiro atoms. The highest BCUT2D eigenvalue weighted by Gasteiger charge is 2.27. The Bertz CT molecular complexity index is 1370. The number of rotatable bonds is 13. The quantitative estimate of drug-likeness (QED) is 0.235. The molecule has 1 aliphatic heterocycles. The van der Waals surface area contributed by atoms with Crippen molar-refractivity contribution in [3.63, 3.8) is 0 Å². The van der Waals surface area contributed by atoms with Gasteiger partial charge in [-0.1, -0.05) is 36.8 Å². The van der Waals surface area contributed by atoms with Crippen LogP contribution >= 0.6 is 0 Å². The molecule has 2 aromatic carbocycles. The number of carbonyl (C=O) groups is 3. The smallest absolute Gasteiger partial charge is 0.318 e. The molecule has 1 atom stereocenters. The van der Waals surface area contributed by atoms with Crippen molar-refractivity contribution in [1.29, 1.82) is 0 Å². The number of urea groups is 1. The summed E-state index contributed by atoms with van der Waals surface area (Å²) in [7, 11) is -3.63. The van der Waals surface area contributed by atoms with Gasteiger partial charge in [-0.2, -0.15) is 0 Å². The summed E-state index contributed by atoms with van der Waals surface area (Å²) in [6, 6.07) is 13.7. The number of unbranched alkanes of at least 4 members (excludes halogenated alkanes) is 2. The molecule has 1 saturated heterocycles. The molecule has 0 radical (unpaired) electrons. The molecule has 1 unspecified atom stereocenters. The first-order valence-electron chi connectivity index (χ1n) is 13.4. The van der Waals surface area contributed by atoms with Crippen molar-refractivity contribution >= 4 is 38.7 Å². The average Bonchev–Trinajstić information content (AvgIpc) is 3.42. The molecule has 2 N–H and O–H groups in total. The van der Waals surface area contributed by atoms with E-state index in [9.17, 15) is 22.8 Å². The van der Waals surface area contributed by atoms with Crippen molar-refractivity contribution in [2.45, 2.75) is 43.0 Å². The van der Waals surface area contributed by atoms with E-state index in [0.717, 1.165) is 0 Å². The van der Waals surface area contributed by atoms with Crippen LogP contribution in [0.5, 0.6) is 0 Å². The first-order valence-corrected chi connectivity index (χ1v) is 15.1. The number of carbonyl (C=O) groups excluding carboxylic acids is 3. The summed E-state index contributed by atoms with van der Waals surface area (Å²) in [6.07, 6.45) is 2.09. The predicted octanol–water partition coefficient (Wildman–Crippen LogP) is 2.96. The number of fused-ring (bicyclic) bond motifs is 1. The van der Waals surface area contributed by atoms with Crippen molar-refractivity contribution in [3.05, 3.63) is 60.5 Å². The number of Topliss-reactive ketones (excluding diaryl/α,β-unsaturated/α-hetero) is 1. The van der Waals surface area contributed by atoms with Crippen molar-refractivity contribution in [2.75, 3.05) is 38.6 Å². The summed E-state index contributed by atoms with van der Waals surface area (Å²) in [6.45, 7) is 1.92. The van der Waals surface area contributed by atoms with Crippen LogP contribution in [0, 0.1) is 0 Å². The van der Waals surface area contributed by atoms with Crippen molar-refractivity contribution in [3.8, 4) is 0 Å². The fraction of sp³-hybridized carbons (Fsp3) is 0.429. The van der Waals surface area contributed by atoms with Crippen molar-refractivity contribution in [2.24, 2.45) is 0 Å². The van der Waals surface area contributed by atoms with E-state index in [1.54, 1.807) is 35.2 Å². The highest BCUT2D eigenvalue weighted by molar-refractivity contribution is 7.91. The number of ether oxygens (including phenoxy) is 1. The van der Waals surface area contributed by atoms with Gasteiger partial charge in [0.05, 0.1) is 23.9 Å². The second kappa shape index (κ2) is 14.0. The fourth-order valence-electron chi connectivity index (χ4n) is 4.31. The standard InChI is InChI=1S/C28H34N4O7S/c33-24(27-30-22-11-6-7-13-25(22)39-27)12-5-2-8-15-29-26(34)23(31-28(35)32-16-18-38-19-17-32)14-20-40(36,37)21-9-3-1-4-10-21/h1,3-4,6-7,9-11,13,23H,2,5,8,12,14-20H2,(H,29,34)(H,31,35). The molecule has 1 fully saturated rings. The zero-order chi connectivity index (χ0) is 28.4. The lowest BCUT2D eigenvalue weighted by molar-refractivity contribution is -0.123. The monoisotopic (exact) mass is 570 g/mol. The van der Waals surface area contributed by atoms with E-state index in [4.69, 9.17) is 9.15 Å². The molecule has 2 heterocycles. The molecule has 0 saturated carbocycles. The summed E-state index contributed by atoms with van der Waals surface area (Å²) < 4.78 is 36.3. The van der Waals surface area contributed by atoms with Gasteiger partial charge in [0.1, 0.15) is 11.6 Å². The van der Waals surface area contributed by atoms with Gasteiger partial charge in [-0.3, -0.25) is 9.59 Å². The maximum absolute atomic E-state index is 13.0. The largest absolute Gasteiger partial charge is 0.434 e. The third-order valence-electron chi connectivity index (χ3n) is 6.60. The summed E-state index contributed by atoms with van der Waals surface area (Å²) in [4.78, 5) is 44.1. The van der Waals surface area contributed by atoms with Crippen LogP contribution < -0.4 is 10.6 Å². The number of para-hydroxylation sites is 2. The molecule has 4 rings (SSSR count). The number of benzene rings is 2. The number of amides is 3. The summed E-state index contributed by atoms with van der Waals surface area (Å²) in [5.41, 5.74) is 1.21. The average molecular weight is 571 g/mol. The number of aromatic nitrogens is 1. The van der Waals surface area contributed by atoms with Crippen LogP contribution in [0.4, 0.5) is 4.79 Å². The minimum absolute atomic E-state index is 0.0713. The lowest BCUT2D eigenvalue weighted by atomic mass is 10.1. The Hall–Kier alpha value is -3.77. The minimum atomic E-state index is -3.63. The van der Waals surface area contributed by atoms with Crippen molar-refractivity contribution < 1.29 is 32.0 Å². The summed E-state index contributed by atoms with van der Waals surface area (Å²) in [5, 5.41) is 5.50. The Labute approximate surface area is 233 Å². The van der Waals surface area contributed by atoms with Gasteiger partial charge in [-0.15, -0.1) is 0 Å². The maximum atomic E-state index is 13.0. The first-order chi connectivity index (χ1) is 19.3. The summed E-state index contributed by atoms with van der Waals surface area (Å²) in [5.74, 6) is -0.826. The zero-order valence-corrected chi connectivity index (χ0v) is 23.0. The van der Waals surface area contributed by atoms with Gasteiger partial charge in [-0.05, 0) is 43.5 Å². The fourth-order valence-corrected chi connectivity index (χ4v) is 5.67. The lowest BCUT2D eigenvalue weighted by Gasteiger charge is -2.29. The molecule has 3 amide bonds. The van der Waals surface area contributed by atoms with Crippen LogP contribution in [-0.4, -0.2) is 80.7 Å². The van der Waals surface area contributed by atoms with Gasteiger partial charge in [0.25, 0.3) is 5.89 Å². The Kier molecular flexibility index (Phi) is 10.3. The number of nitrogens with zero attached hydrogens (tertiary/aromatic N) is 2. The maximum Gasteiger partial charge on any atom is 0.318 e. The lowest BCUT2D eigenvalue weighted by Crippen LogP contribution is -2.54. The minimum Gasteiger partial charge on any atom is -0.434 e. The molecule has 214 valence electrons. The van der Waals surface area contributed by atoms with Gasteiger partial charge in [0.15, 0.2) is 15.4 Å². The zero-order valence-electron chi connectivity index (χ0n) is 22.2. The number of hydrogen-bond acceptors (Lipinski definition) is 8. The predicted molar refractivity (Wildman–Crippen MR) is 148 cm³/mol. The van der Waals surface area contributed by atoms with E-state index in [2.05, 4.69) is 15.6 Å². The molecule has 0 bridgehead atoms. The Balaban J connectivity index is 1.25. The molecule has 12 heteroatoms. The number of ketones is 1. The number of oxazole rings is 1. The van der Waals surface area contributed by atoms with Crippen LogP contribution in [0.2, 0.25) is 0 Å². The van der Waals surface area contributed by atoms with Gasteiger partial charge >= 0.3 is 6.03 Å². The number of nitrogens with one attached hydrogen (secondary N) is 2. The molecule has 3 aromatic rings. The molecule has 1 aliphatic rings. The molecular formula is C28H34N4O7S. The number of hydrogen-bond donors (Lipinski definition) is 2. The third kappa shape index (κ3) is 8.12. The molecular weight excluding hydrogens is 536 g/mol. The van der Waals surface area contributed by atoms with E-state index in [1.807, 2.05) is 12.1 Å². The highest BCUT2D eigenvalue weighted by Crippen LogP contribution is 2.17. The Morgan fingerprint density at radius 2 is 1.68 bits per heavy atom. The van der Waals surface area contributed by atoms with Gasteiger partial charge in [0.2, 0.25) is 11.7 Å². The van der Waals surface area contributed by atoms with Crippen LogP contribution in [0.25, 0.3) is 11.1 Å². The van der Waals surface area contributed by atoms with E-state index in [-0.39, 0.29) is 35.2 Å². The number of morpholine rings is 1. The van der Waals surface area contributed by atoms with Crippen LogP contribution in [0.1, 0.15) is 42.8 Å². The molecule has 0 aliphatic carbocycles.